The maximum absolute atomic E-state index is 12.5. The Morgan fingerprint density at radius 2 is 1.70 bits per heavy atom. The maximum atomic E-state index is 12.5. The van der Waals surface area contributed by atoms with Gasteiger partial charge in [-0.1, -0.05) is 66.7 Å². The van der Waals surface area contributed by atoms with E-state index in [2.05, 4.69) is 20.8 Å². The van der Waals surface area contributed by atoms with Crippen LogP contribution < -0.4 is 10.6 Å². The molecule has 3 aromatic carbocycles. The molecule has 4 aromatic rings. The van der Waals surface area contributed by atoms with Crippen LogP contribution in [0.4, 0.5) is 5.69 Å². The molecule has 5 rings (SSSR count). The zero-order valence-corrected chi connectivity index (χ0v) is 16.1. The van der Waals surface area contributed by atoms with Gasteiger partial charge < -0.3 is 15.7 Å². The zero-order valence-electron chi connectivity index (χ0n) is 16.1. The second kappa shape index (κ2) is 7.40. The number of fused-ring (bicyclic) bond motifs is 1. The molecule has 1 aliphatic heterocycles. The number of aromatic hydroxyl groups is 1. The standard InChI is InChI=1S/C24H20N4O2/c29-19-12-11-17(13-18(19)25-14-15-7-3-1-4-8-15)21-20-22(16-9-5-2-6-10-16)27-28-23(20)24(30)26-21/h1-13,21,25,29H,14H2,(H,26,30)(H,27,28). The Balaban J connectivity index is 1.49. The number of hydrogen-bond acceptors (Lipinski definition) is 4. The number of carbonyl (C=O) groups is 1. The van der Waals surface area contributed by atoms with Gasteiger partial charge >= 0.3 is 0 Å². The number of aromatic nitrogens is 2. The fourth-order valence-corrected chi connectivity index (χ4v) is 3.81. The molecule has 0 saturated carbocycles. The average Bonchev–Trinajstić information content (AvgIpc) is 3.36. The zero-order chi connectivity index (χ0) is 20.5. The highest BCUT2D eigenvalue weighted by atomic mass is 16.3. The fraction of sp³-hybridized carbons (Fsp3) is 0.0833. The number of nitrogens with one attached hydrogen (secondary N) is 3. The van der Waals surface area contributed by atoms with Gasteiger partial charge in [-0.3, -0.25) is 9.89 Å². The predicted molar refractivity (Wildman–Crippen MR) is 115 cm³/mol. The van der Waals surface area contributed by atoms with Crippen LogP contribution >= 0.6 is 0 Å². The number of H-pyrrole nitrogens is 1. The lowest BCUT2D eigenvalue weighted by molar-refractivity contribution is 0.0955. The van der Waals surface area contributed by atoms with Gasteiger partial charge in [-0.05, 0) is 23.3 Å². The van der Waals surface area contributed by atoms with Gasteiger partial charge in [0.15, 0.2) is 0 Å². The summed E-state index contributed by atoms with van der Waals surface area (Å²) in [5.74, 6) is -0.0220. The smallest absolute Gasteiger partial charge is 0.270 e. The molecule has 1 aliphatic rings. The van der Waals surface area contributed by atoms with Crippen molar-refractivity contribution in [1.82, 2.24) is 15.5 Å². The molecule has 1 unspecified atom stereocenters. The number of carbonyl (C=O) groups excluding carboxylic acids is 1. The minimum atomic E-state index is -0.348. The van der Waals surface area contributed by atoms with E-state index in [4.69, 9.17) is 0 Å². The molecule has 1 aromatic heterocycles. The third-order valence-corrected chi connectivity index (χ3v) is 5.32. The molecule has 0 fully saturated rings. The van der Waals surface area contributed by atoms with Crippen LogP contribution in [0.25, 0.3) is 11.3 Å². The number of aromatic amines is 1. The van der Waals surface area contributed by atoms with Gasteiger partial charge in [-0.2, -0.15) is 5.10 Å². The molecule has 148 valence electrons. The number of anilines is 1. The summed E-state index contributed by atoms with van der Waals surface area (Å²) in [6.45, 7) is 0.584. The van der Waals surface area contributed by atoms with Gasteiger partial charge in [-0.15, -0.1) is 0 Å². The van der Waals surface area contributed by atoms with E-state index in [1.54, 1.807) is 6.07 Å². The Bertz CT molecular complexity index is 1200. The second-order valence-electron chi connectivity index (χ2n) is 7.25. The molecule has 0 saturated heterocycles. The van der Waals surface area contributed by atoms with E-state index >= 15 is 0 Å². The van der Waals surface area contributed by atoms with Crippen LogP contribution in [0, 0.1) is 0 Å². The van der Waals surface area contributed by atoms with E-state index in [0.717, 1.165) is 27.9 Å². The highest BCUT2D eigenvalue weighted by molar-refractivity contribution is 6.00. The van der Waals surface area contributed by atoms with Crippen LogP contribution in [0.1, 0.15) is 33.2 Å². The van der Waals surface area contributed by atoms with Crippen LogP contribution in [0.5, 0.6) is 5.75 Å². The van der Waals surface area contributed by atoms with Crippen LogP contribution in [-0.4, -0.2) is 21.2 Å². The van der Waals surface area contributed by atoms with Crippen molar-refractivity contribution in [2.75, 3.05) is 5.32 Å². The van der Waals surface area contributed by atoms with Crippen LogP contribution in [0.2, 0.25) is 0 Å². The Hall–Kier alpha value is -4.06. The molecule has 2 heterocycles. The lowest BCUT2D eigenvalue weighted by Crippen LogP contribution is -2.21. The van der Waals surface area contributed by atoms with Crippen molar-refractivity contribution in [3.8, 4) is 17.0 Å². The quantitative estimate of drug-likeness (QED) is 0.380. The summed E-state index contributed by atoms with van der Waals surface area (Å²) in [6.07, 6.45) is 0. The SMILES string of the molecule is O=C1NC(c2ccc(O)c(NCc3ccccc3)c2)c2c(-c3ccccc3)n[nH]c21. The van der Waals surface area contributed by atoms with Gasteiger partial charge in [0.1, 0.15) is 11.4 Å². The first-order valence-electron chi connectivity index (χ1n) is 9.76. The molecule has 0 bridgehead atoms. The Morgan fingerprint density at radius 1 is 0.967 bits per heavy atom. The third-order valence-electron chi connectivity index (χ3n) is 5.32. The number of phenols is 1. The number of benzene rings is 3. The summed E-state index contributed by atoms with van der Waals surface area (Å²) in [7, 11) is 0. The molecule has 1 amide bonds. The molecule has 0 aliphatic carbocycles. The van der Waals surface area contributed by atoms with Crippen molar-refractivity contribution < 1.29 is 9.90 Å². The number of rotatable bonds is 5. The van der Waals surface area contributed by atoms with Crippen molar-refractivity contribution in [2.24, 2.45) is 0 Å². The minimum Gasteiger partial charge on any atom is -0.506 e. The van der Waals surface area contributed by atoms with Crippen LogP contribution in [0.3, 0.4) is 0 Å². The highest BCUT2D eigenvalue weighted by Gasteiger charge is 2.35. The van der Waals surface area contributed by atoms with E-state index in [1.165, 1.54) is 0 Å². The Kier molecular flexibility index (Phi) is 4.44. The molecule has 30 heavy (non-hydrogen) atoms. The normalized spacial score (nSPS) is 14.9. The van der Waals surface area contributed by atoms with Crippen molar-refractivity contribution in [1.29, 1.82) is 0 Å². The second-order valence-corrected chi connectivity index (χ2v) is 7.25. The fourth-order valence-electron chi connectivity index (χ4n) is 3.81. The van der Waals surface area contributed by atoms with Crippen molar-refractivity contribution >= 4 is 11.6 Å². The summed E-state index contributed by atoms with van der Waals surface area (Å²) < 4.78 is 0. The van der Waals surface area contributed by atoms with Gasteiger partial charge in [0.05, 0.1) is 17.4 Å². The molecule has 1 atom stereocenters. The van der Waals surface area contributed by atoms with Gasteiger partial charge in [0.2, 0.25) is 0 Å². The molecule has 4 N–H and O–H groups in total. The van der Waals surface area contributed by atoms with Crippen molar-refractivity contribution in [3.05, 3.63) is 101 Å². The van der Waals surface area contributed by atoms with Gasteiger partial charge in [0.25, 0.3) is 5.91 Å². The summed E-state index contributed by atoms with van der Waals surface area (Å²) >= 11 is 0. The molecule has 0 spiro atoms. The monoisotopic (exact) mass is 396 g/mol. The summed E-state index contributed by atoms with van der Waals surface area (Å²) in [4.78, 5) is 12.5. The maximum Gasteiger partial charge on any atom is 0.270 e. The van der Waals surface area contributed by atoms with Crippen LogP contribution in [0.15, 0.2) is 78.9 Å². The molecule has 0 radical (unpaired) electrons. The van der Waals surface area contributed by atoms with Gasteiger partial charge in [0, 0.05) is 17.7 Å². The average molecular weight is 396 g/mol. The summed E-state index contributed by atoms with van der Waals surface area (Å²) in [5, 5.41) is 23.9. The lowest BCUT2D eigenvalue weighted by atomic mass is 9.96. The van der Waals surface area contributed by atoms with E-state index in [0.29, 0.717) is 17.9 Å². The summed E-state index contributed by atoms with van der Waals surface area (Å²) in [5.41, 5.74) is 5.59. The Labute approximate surface area is 173 Å². The Morgan fingerprint density at radius 3 is 2.47 bits per heavy atom. The minimum absolute atomic E-state index is 0.162. The molecular weight excluding hydrogens is 376 g/mol. The highest BCUT2D eigenvalue weighted by Crippen LogP contribution is 2.38. The third kappa shape index (κ3) is 3.18. The van der Waals surface area contributed by atoms with Crippen LogP contribution in [-0.2, 0) is 6.54 Å². The number of hydrogen-bond donors (Lipinski definition) is 4. The van der Waals surface area contributed by atoms with E-state index < -0.39 is 0 Å². The van der Waals surface area contributed by atoms with E-state index in [9.17, 15) is 9.90 Å². The van der Waals surface area contributed by atoms with Crippen molar-refractivity contribution in [3.63, 3.8) is 0 Å². The van der Waals surface area contributed by atoms with Crippen molar-refractivity contribution in [2.45, 2.75) is 12.6 Å². The van der Waals surface area contributed by atoms with Gasteiger partial charge in [-0.25, -0.2) is 0 Å². The summed E-state index contributed by atoms with van der Waals surface area (Å²) in [6, 6.07) is 24.8. The predicted octanol–water partition coefficient (Wildman–Crippen LogP) is 4.23. The first-order chi connectivity index (χ1) is 14.7. The molecule has 6 nitrogen and oxygen atoms in total. The largest absolute Gasteiger partial charge is 0.506 e. The van der Waals surface area contributed by atoms with E-state index in [1.807, 2.05) is 72.8 Å². The molecule has 6 heteroatoms. The number of nitrogens with zero attached hydrogens (tertiary/aromatic N) is 1. The number of amides is 1. The molecular formula is C24H20N4O2. The van der Waals surface area contributed by atoms with E-state index in [-0.39, 0.29) is 17.7 Å². The first kappa shape index (κ1) is 18.0. The lowest BCUT2D eigenvalue weighted by Gasteiger charge is -2.16. The number of phenolic OH excluding ortho intramolecular Hbond substituents is 1. The first-order valence-corrected chi connectivity index (χ1v) is 9.76. The topological polar surface area (TPSA) is 90.0 Å².